The Labute approximate surface area is 289 Å². The second kappa shape index (κ2) is 9.76. The van der Waals surface area contributed by atoms with Gasteiger partial charge in [-0.1, -0.05) is 132 Å². The van der Waals surface area contributed by atoms with E-state index in [0.29, 0.717) is 11.8 Å². The van der Waals surface area contributed by atoms with Crippen LogP contribution in [0, 0.1) is 10.8 Å². The second-order valence-corrected chi connectivity index (χ2v) is 19.7. The molecule has 0 radical (unpaired) electrons. The Kier molecular flexibility index (Phi) is 6.52. The quantitative estimate of drug-likeness (QED) is 0.217. The summed E-state index contributed by atoms with van der Waals surface area (Å²) in [4.78, 5) is 0. The predicted octanol–water partition coefficient (Wildman–Crippen LogP) is 10.8. The third-order valence-corrected chi connectivity index (χ3v) is 14.7. The number of fused-ring (bicyclic) bond motifs is 10. The molecule has 4 nitrogen and oxygen atoms in total. The summed E-state index contributed by atoms with van der Waals surface area (Å²) >= 11 is 0. The van der Waals surface area contributed by atoms with Crippen LogP contribution < -0.4 is 0 Å². The molecule has 2 fully saturated rings. The van der Waals surface area contributed by atoms with Crippen molar-refractivity contribution < 1.29 is 0 Å². The van der Waals surface area contributed by atoms with Crippen LogP contribution >= 0.6 is 0 Å². The molecular formula is C44H58N4. The van der Waals surface area contributed by atoms with E-state index in [1.54, 1.807) is 0 Å². The van der Waals surface area contributed by atoms with Crippen LogP contribution in [-0.2, 0) is 34.7 Å². The molecule has 2 aromatic carbocycles. The molecule has 2 aromatic heterocycles. The monoisotopic (exact) mass is 642 g/mol. The molecule has 4 bridgehead atoms. The summed E-state index contributed by atoms with van der Waals surface area (Å²) in [5.41, 5.74) is 14.6. The van der Waals surface area contributed by atoms with E-state index < -0.39 is 0 Å². The zero-order chi connectivity index (χ0) is 34.4. The summed E-state index contributed by atoms with van der Waals surface area (Å²) in [7, 11) is 0. The van der Waals surface area contributed by atoms with Gasteiger partial charge in [0, 0.05) is 33.3 Å². The Balaban J connectivity index is 1.29. The van der Waals surface area contributed by atoms with Crippen LogP contribution in [0.4, 0.5) is 0 Å². The first-order valence-corrected chi connectivity index (χ1v) is 18.7. The van der Waals surface area contributed by atoms with Gasteiger partial charge in [-0.2, -0.15) is 10.2 Å². The fraction of sp³-hybridized carbons (Fsp3) is 0.591. The smallest absolute Gasteiger partial charge is 0.117 e. The van der Waals surface area contributed by atoms with E-state index in [1.165, 1.54) is 81.8 Å². The molecule has 4 heteroatoms. The van der Waals surface area contributed by atoms with E-state index in [4.69, 9.17) is 10.2 Å². The minimum Gasteiger partial charge on any atom is -0.264 e. The Morgan fingerprint density at radius 1 is 0.562 bits per heavy atom. The molecule has 0 amide bonds. The van der Waals surface area contributed by atoms with Crippen molar-refractivity contribution >= 4 is 0 Å². The number of rotatable bonds is 5. The molecule has 48 heavy (non-hydrogen) atoms. The molecule has 0 spiro atoms. The second-order valence-electron chi connectivity index (χ2n) is 19.7. The van der Waals surface area contributed by atoms with Crippen molar-refractivity contribution in [2.24, 2.45) is 10.8 Å². The lowest BCUT2D eigenvalue weighted by Crippen LogP contribution is -2.34. The van der Waals surface area contributed by atoms with Crippen molar-refractivity contribution in [3.05, 3.63) is 93.3 Å². The summed E-state index contributed by atoms with van der Waals surface area (Å²) in [6, 6.07) is 18.6. The van der Waals surface area contributed by atoms with Crippen molar-refractivity contribution in [3.63, 3.8) is 0 Å². The van der Waals surface area contributed by atoms with Gasteiger partial charge >= 0.3 is 0 Å². The zero-order valence-electron chi connectivity index (χ0n) is 31.8. The van der Waals surface area contributed by atoms with Crippen molar-refractivity contribution in [2.75, 3.05) is 0 Å². The summed E-state index contributed by atoms with van der Waals surface area (Å²) in [6.07, 6.45) is 4.95. The molecule has 0 saturated heterocycles. The first kappa shape index (κ1) is 32.1. The van der Waals surface area contributed by atoms with Crippen LogP contribution in [0.25, 0.3) is 11.4 Å². The van der Waals surface area contributed by atoms with Gasteiger partial charge in [-0.05, 0) is 81.4 Å². The van der Waals surface area contributed by atoms with Gasteiger partial charge in [0.05, 0.1) is 13.1 Å². The maximum Gasteiger partial charge on any atom is 0.117 e. The normalized spacial score (nSPS) is 27.9. The summed E-state index contributed by atoms with van der Waals surface area (Å²) in [5, 5.41) is 11.3. The SMILES string of the molecule is CC(C)(C)c1ccc(Cn2nc(-c3nn(Cc4ccc(C(C)(C)C)cc4)c4c3C3CCC4(C)C3(C)C)c3c2C2(C)CCC3C2(C)C)cc1. The number of aromatic nitrogens is 4. The van der Waals surface area contributed by atoms with Crippen molar-refractivity contribution in [3.8, 4) is 11.4 Å². The Hall–Kier alpha value is -3.14. The molecule has 4 unspecified atom stereocenters. The minimum absolute atomic E-state index is 0.106. The average molecular weight is 643 g/mol. The van der Waals surface area contributed by atoms with Crippen LogP contribution in [0.5, 0.6) is 0 Å². The average Bonchev–Trinajstić information content (AvgIpc) is 3.75. The van der Waals surface area contributed by atoms with Gasteiger partial charge in [0.2, 0.25) is 0 Å². The first-order valence-electron chi connectivity index (χ1n) is 18.7. The Morgan fingerprint density at radius 2 is 0.896 bits per heavy atom. The fourth-order valence-corrected chi connectivity index (χ4v) is 10.8. The van der Waals surface area contributed by atoms with Gasteiger partial charge in [0.15, 0.2) is 0 Å². The van der Waals surface area contributed by atoms with Gasteiger partial charge in [-0.3, -0.25) is 9.36 Å². The molecule has 0 N–H and O–H groups in total. The van der Waals surface area contributed by atoms with Gasteiger partial charge in [-0.25, -0.2) is 0 Å². The summed E-state index contributed by atoms with van der Waals surface area (Å²) in [5.74, 6) is 1.02. The third kappa shape index (κ3) is 4.13. The maximum absolute atomic E-state index is 5.65. The number of benzene rings is 2. The molecule has 4 aliphatic rings. The topological polar surface area (TPSA) is 35.6 Å². The van der Waals surface area contributed by atoms with E-state index >= 15 is 0 Å². The highest BCUT2D eigenvalue weighted by Crippen LogP contribution is 2.72. The van der Waals surface area contributed by atoms with E-state index in [9.17, 15) is 0 Å². The van der Waals surface area contributed by atoms with Crippen molar-refractivity contribution in [1.82, 2.24) is 19.6 Å². The molecule has 0 aliphatic heterocycles. The highest BCUT2D eigenvalue weighted by molar-refractivity contribution is 5.73. The molecule has 4 atom stereocenters. The third-order valence-electron chi connectivity index (χ3n) is 14.7. The molecular weight excluding hydrogens is 585 g/mol. The van der Waals surface area contributed by atoms with Crippen LogP contribution in [0.15, 0.2) is 48.5 Å². The lowest BCUT2D eigenvalue weighted by Gasteiger charge is -2.36. The van der Waals surface area contributed by atoms with Gasteiger partial charge < -0.3 is 0 Å². The first-order chi connectivity index (χ1) is 22.3. The van der Waals surface area contributed by atoms with E-state index in [1.807, 2.05) is 0 Å². The standard InChI is InChI=1S/C44H58N4/c1-39(2,3)29-17-13-27(14-18-29)25-47-37-33(31-21-23-43(37,11)41(31,7)8)35(45-47)36-34-32-22-24-44(12,42(32,9)10)38(34)48(46-36)26-28-15-19-30(20-16-28)40(4,5)6/h13-20,31-32H,21-26H2,1-12H3. The maximum atomic E-state index is 5.65. The molecule has 2 heterocycles. The number of hydrogen-bond donors (Lipinski definition) is 0. The lowest BCUT2D eigenvalue weighted by molar-refractivity contribution is 0.218. The van der Waals surface area contributed by atoms with Crippen LogP contribution in [0.2, 0.25) is 0 Å². The summed E-state index contributed by atoms with van der Waals surface area (Å²) in [6.45, 7) is 30.5. The van der Waals surface area contributed by atoms with Gasteiger partial charge in [0.1, 0.15) is 11.4 Å². The van der Waals surface area contributed by atoms with Crippen LogP contribution in [0.3, 0.4) is 0 Å². The lowest BCUT2D eigenvalue weighted by atomic mass is 9.70. The van der Waals surface area contributed by atoms with Crippen molar-refractivity contribution in [1.29, 1.82) is 0 Å². The van der Waals surface area contributed by atoms with E-state index in [2.05, 4.69) is 141 Å². The molecule has 8 rings (SSSR count). The van der Waals surface area contributed by atoms with E-state index in [-0.39, 0.29) is 32.5 Å². The van der Waals surface area contributed by atoms with E-state index in [0.717, 1.165) is 13.1 Å². The molecule has 254 valence electrons. The Morgan fingerprint density at radius 3 is 1.21 bits per heavy atom. The highest BCUT2D eigenvalue weighted by atomic mass is 15.3. The van der Waals surface area contributed by atoms with Crippen LogP contribution in [0.1, 0.15) is 165 Å². The Bertz CT molecular complexity index is 1780. The van der Waals surface area contributed by atoms with Crippen molar-refractivity contribution in [2.45, 2.75) is 155 Å². The predicted molar refractivity (Wildman–Crippen MR) is 198 cm³/mol. The largest absolute Gasteiger partial charge is 0.264 e. The molecule has 2 saturated carbocycles. The minimum atomic E-state index is 0.106. The fourth-order valence-electron chi connectivity index (χ4n) is 10.8. The number of nitrogens with zero attached hydrogens (tertiary/aromatic N) is 4. The molecule has 4 aromatic rings. The molecule has 4 aliphatic carbocycles. The van der Waals surface area contributed by atoms with Crippen LogP contribution in [-0.4, -0.2) is 19.6 Å². The van der Waals surface area contributed by atoms with Gasteiger partial charge in [0.25, 0.3) is 0 Å². The highest BCUT2D eigenvalue weighted by Gasteiger charge is 2.65. The summed E-state index contributed by atoms with van der Waals surface area (Å²) < 4.78 is 4.82. The zero-order valence-corrected chi connectivity index (χ0v) is 31.8. The number of hydrogen-bond acceptors (Lipinski definition) is 2. The van der Waals surface area contributed by atoms with Gasteiger partial charge in [-0.15, -0.1) is 0 Å².